The van der Waals surface area contributed by atoms with Crippen molar-refractivity contribution in [2.45, 2.75) is 27.3 Å². The molecule has 2 aromatic heterocycles. The van der Waals surface area contributed by atoms with E-state index < -0.39 is 0 Å². The number of aromatic nitrogens is 3. The van der Waals surface area contributed by atoms with Gasteiger partial charge in [0.2, 0.25) is 10.7 Å². The van der Waals surface area contributed by atoms with E-state index in [9.17, 15) is 4.79 Å². The number of rotatable bonds is 1. The Morgan fingerprint density at radius 2 is 1.96 bits per heavy atom. The Hall–Kier alpha value is -2.29. The maximum absolute atomic E-state index is 9.22. The fourth-order valence-corrected chi connectivity index (χ4v) is 4.37. The number of nitrogens with one attached hydrogen (secondary N) is 1. The van der Waals surface area contributed by atoms with Crippen molar-refractivity contribution in [2.24, 2.45) is 10.7 Å². The van der Waals surface area contributed by atoms with Crippen LogP contribution in [0.3, 0.4) is 0 Å². The second-order valence-corrected chi connectivity index (χ2v) is 8.05. The number of benzene rings is 1. The number of amides is 1. The van der Waals surface area contributed by atoms with E-state index in [-0.39, 0.29) is 5.91 Å². The van der Waals surface area contributed by atoms with Gasteiger partial charge in [0.1, 0.15) is 11.5 Å². The Bertz CT molecular complexity index is 1090. The first kappa shape index (κ1) is 19.5. The van der Waals surface area contributed by atoms with E-state index in [2.05, 4.69) is 29.8 Å². The van der Waals surface area contributed by atoms with Crippen LogP contribution in [-0.4, -0.2) is 26.4 Å². The highest BCUT2D eigenvalue weighted by atomic mass is 35.5. The molecule has 0 aliphatic carbocycles. The van der Waals surface area contributed by atoms with E-state index in [1.807, 2.05) is 28.8 Å². The molecule has 1 aliphatic heterocycles. The van der Waals surface area contributed by atoms with E-state index in [0.717, 1.165) is 32.7 Å². The Morgan fingerprint density at radius 1 is 1.33 bits per heavy atom. The number of fused-ring (bicyclic) bond motifs is 3. The van der Waals surface area contributed by atoms with Crippen molar-refractivity contribution in [1.82, 2.24) is 14.8 Å². The number of aryl methyl sites for hydroxylation is 1. The molecule has 0 fully saturated rings. The van der Waals surface area contributed by atoms with Gasteiger partial charge in [0, 0.05) is 28.0 Å². The van der Waals surface area contributed by atoms with Crippen LogP contribution in [0.15, 0.2) is 29.3 Å². The van der Waals surface area contributed by atoms with Crippen LogP contribution in [0.4, 0.5) is 0 Å². The molecule has 9 heteroatoms. The van der Waals surface area contributed by atoms with Gasteiger partial charge in [-0.25, -0.2) is 0 Å². The average molecular weight is 420 g/mol. The van der Waals surface area contributed by atoms with Gasteiger partial charge in [-0.2, -0.15) is 5.10 Å². The molecule has 3 aromatic rings. The highest BCUT2D eigenvalue weighted by molar-refractivity contribution is 7.71. The fourth-order valence-electron chi connectivity index (χ4n) is 2.76. The van der Waals surface area contributed by atoms with E-state index in [1.54, 1.807) is 11.3 Å². The molecule has 0 bridgehead atoms. The van der Waals surface area contributed by atoms with Gasteiger partial charge in [0.25, 0.3) is 0 Å². The lowest BCUT2D eigenvalue weighted by atomic mass is 10.00. The summed E-state index contributed by atoms with van der Waals surface area (Å²) in [5.74, 6) is 0.501. The lowest BCUT2D eigenvalue weighted by Crippen LogP contribution is -2.06. The zero-order chi connectivity index (χ0) is 19.7. The van der Waals surface area contributed by atoms with Crippen LogP contribution in [0.25, 0.3) is 5.00 Å². The first-order valence-electron chi connectivity index (χ1n) is 8.13. The maximum Gasteiger partial charge on any atom is 0.214 e. The summed E-state index contributed by atoms with van der Waals surface area (Å²) in [4.78, 5) is 15.3. The highest BCUT2D eigenvalue weighted by Crippen LogP contribution is 2.35. The molecular formula is C18H18ClN5OS2. The molecule has 0 atom stereocenters. The SMILES string of the molecule is CC(N)=O.Cc1sc2c(c1C)C(c1ccc(Cl)cc1)=NCc1n[nH]c(=S)n1-2. The Labute approximate surface area is 170 Å². The predicted octanol–water partition coefficient (Wildman–Crippen LogP) is 4.10. The number of nitrogens with two attached hydrogens (primary N) is 1. The average Bonchev–Trinajstić information content (AvgIpc) is 3.04. The van der Waals surface area contributed by atoms with Gasteiger partial charge in [0.15, 0.2) is 5.82 Å². The molecule has 27 heavy (non-hydrogen) atoms. The number of halogens is 1. The van der Waals surface area contributed by atoms with Gasteiger partial charge in [-0.1, -0.05) is 23.7 Å². The van der Waals surface area contributed by atoms with Crippen molar-refractivity contribution in [3.8, 4) is 5.00 Å². The monoisotopic (exact) mass is 419 g/mol. The molecule has 6 nitrogen and oxygen atoms in total. The van der Waals surface area contributed by atoms with Crippen LogP contribution in [0.5, 0.6) is 0 Å². The standard InChI is InChI=1S/C16H13ClN4S2.C2H5NO/c1-8-9(2)23-15-13(8)14(10-3-5-11(17)6-4-10)18-7-12-19-20-16(22)21(12)15;1-2(3)4/h3-6H,7H2,1-2H3,(H,20,22);1H3,(H2,3,4). The minimum atomic E-state index is -0.333. The molecule has 0 saturated heterocycles. The first-order valence-corrected chi connectivity index (χ1v) is 9.73. The normalized spacial score (nSPS) is 12.2. The van der Waals surface area contributed by atoms with Crippen LogP contribution in [0.1, 0.15) is 34.3 Å². The summed E-state index contributed by atoms with van der Waals surface area (Å²) in [6.07, 6.45) is 0. The second-order valence-electron chi connectivity index (χ2n) is 6.03. The molecule has 0 radical (unpaired) electrons. The number of carbonyl (C=O) groups is 1. The van der Waals surface area contributed by atoms with Crippen molar-refractivity contribution in [3.05, 3.63) is 61.5 Å². The number of aliphatic imine (C=N–C) groups is 1. The lowest BCUT2D eigenvalue weighted by Gasteiger charge is -2.08. The summed E-state index contributed by atoms with van der Waals surface area (Å²) in [6, 6.07) is 7.80. The molecular weight excluding hydrogens is 402 g/mol. The molecule has 4 rings (SSSR count). The topological polar surface area (TPSA) is 89.1 Å². The highest BCUT2D eigenvalue weighted by Gasteiger charge is 2.25. The van der Waals surface area contributed by atoms with E-state index >= 15 is 0 Å². The van der Waals surface area contributed by atoms with E-state index in [0.29, 0.717) is 11.3 Å². The summed E-state index contributed by atoms with van der Waals surface area (Å²) in [5, 5.41) is 9.00. The smallest absolute Gasteiger partial charge is 0.214 e. The van der Waals surface area contributed by atoms with Crippen molar-refractivity contribution >= 4 is 46.8 Å². The zero-order valence-electron chi connectivity index (χ0n) is 15.0. The van der Waals surface area contributed by atoms with Crippen molar-refractivity contribution in [1.29, 1.82) is 0 Å². The third-order valence-electron chi connectivity index (χ3n) is 4.04. The van der Waals surface area contributed by atoms with E-state index in [1.165, 1.54) is 17.4 Å². The number of carbonyl (C=O) groups excluding carboxylic acids is 1. The third kappa shape index (κ3) is 3.87. The minimum Gasteiger partial charge on any atom is -0.370 e. The molecule has 1 aliphatic rings. The van der Waals surface area contributed by atoms with Crippen LogP contribution in [0, 0.1) is 18.6 Å². The number of hydrogen-bond donors (Lipinski definition) is 2. The first-order chi connectivity index (χ1) is 12.8. The van der Waals surface area contributed by atoms with Crippen LogP contribution in [-0.2, 0) is 11.3 Å². The Morgan fingerprint density at radius 3 is 2.59 bits per heavy atom. The van der Waals surface area contributed by atoms with Gasteiger partial charge < -0.3 is 5.73 Å². The van der Waals surface area contributed by atoms with Gasteiger partial charge >= 0.3 is 0 Å². The number of H-pyrrole nitrogens is 1. The molecule has 140 valence electrons. The Balaban J connectivity index is 0.000000481. The van der Waals surface area contributed by atoms with Crippen LogP contribution in [0.2, 0.25) is 5.02 Å². The number of aromatic amines is 1. The molecule has 0 saturated carbocycles. The van der Waals surface area contributed by atoms with Crippen molar-refractivity contribution in [3.63, 3.8) is 0 Å². The second kappa shape index (κ2) is 7.75. The fraction of sp³-hybridized carbons (Fsp3) is 0.222. The quantitative estimate of drug-likeness (QED) is 0.582. The van der Waals surface area contributed by atoms with Gasteiger partial charge in [-0.3, -0.25) is 19.5 Å². The van der Waals surface area contributed by atoms with Crippen molar-refractivity contribution < 1.29 is 4.79 Å². The number of thiophene rings is 1. The number of primary amides is 1. The van der Waals surface area contributed by atoms with Gasteiger partial charge in [0.05, 0.1) is 5.71 Å². The lowest BCUT2D eigenvalue weighted by molar-refractivity contribution is -0.115. The molecule has 1 aromatic carbocycles. The van der Waals surface area contributed by atoms with E-state index in [4.69, 9.17) is 28.8 Å². The summed E-state index contributed by atoms with van der Waals surface area (Å²) in [5.41, 5.74) is 8.86. The predicted molar refractivity (Wildman–Crippen MR) is 112 cm³/mol. The maximum atomic E-state index is 9.22. The van der Waals surface area contributed by atoms with Crippen LogP contribution >= 0.6 is 35.2 Å². The largest absolute Gasteiger partial charge is 0.370 e. The molecule has 1 amide bonds. The number of nitrogens with zero attached hydrogens (tertiary/aromatic N) is 3. The molecule has 3 heterocycles. The van der Waals surface area contributed by atoms with Gasteiger partial charge in [-0.05, 0) is 43.8 Å². The Kier molecular flexibility index (Phi) is 5.59. The molecule has 0 spiro atoms. The summed E-state index contributed by atoms with van der Waals surface area (Å²) < 4.78 is 2.61. The minimum absolute atomic E-state index is 0.333. The molecule has 3 N–H and O–H groups in total. The molecule has 0 unspecified atom stereocenters. The van der Waals surface area contributed by atoms with Gasteiger partial charge in [-0.15, -0.1) is 11.3 Å². The van der Waals surface area contributed by atoms with Crippen LogP contribution < -0.4 is 5.73 Å². The summed E-state index contributed by atoms with van der Waals surface area (Å²) in [6.45, 7) is 6.05. The third-order valence-corrected chi connectivity index (χ3v) is 5.76. The van der Waals surface area contributed by atoms with Crippen molar-refractivity contribution in [2.75, 3.05) is 0 Å². The summed E-state index contributed by atoms with van der Waals surface area (Å²) >= 11 is 13.2. The summed E-state index contributed by atoms with van der Waals surface area (Å²) in [7, 11) is 0. The zero-order valence-corrected chi connectivity index (χ0v) is 17.4. The number of hydrogen-bond acceptors (Lipinski definition) is 5.